The molecule has 2 heterocycles. The van der Waals surface area contributed by atoms with Gasteiger partial charge in [-0.1, -0.05) is 0 Å². The normalized spacial score (nSPS) is 17.1. The molecular weight excluding hydrogens is 426 g/mol. The maximum Gasteiger partial charge on any atom is 0.410 e. The van der Waals surface area contributed by atoms with Crippen LogP contribution in [0.1, 0.15) is 20.8 Å². The molecule has 0 saturated carbocycles. The molecule has 9 nitrogen and oxygen atoms in total. The Hall–Kier alpha value is -3.21. The first-order valence-corrected chi connectivity index (χ1v) is 10.2. The van der Waals surface area contributed by atoms with Gasteiger partial charge in [-0.05, 0) is 32.9 Å². The number of amides is 3. The second-order valence-electron chi connectivity index (χ2n) is 8.44. The average molecular weight is 452 g/mol. The molecule has 2 aliphatic heterocycles. The van der Waals surface area contributed by atoms with Crippen molar-refractivity contribution in [3.8, 4) is 0 Å². The maximum absolute atomic E-state index is 14.8. The van der Waals surface area contributed by atoms with Gasteiger partial charge in [-0.3, -0.25) is 14.5 Å². The summed E-state index contributed by atoms with van der Waals surface area (Å²) in [5, 5.41) is 11.5. The summed E-state index contributed by atoms with van der Waals surface area (Å²) in [4.78, 5) is 40.0. The van der Waals surface area contributed by atoms with Crippen LogP contribution in [0.25, 0.3) is 0 Å². The zero-order valence-electron chi connectivity index (χ0n) is 18.2. The monoisotopic (exact) mass is 452 g/mol. The fourth-order valence-electron chi connectivity index (χ4n) is 3.44. The van der Waals surface area contributed by atoms with E-state index in [0.717, 1.165) is 23.1 Å². The molecule has 2 aliphatic rings. The first kappa shape index (κ1) is 23.5. The van der Waals surface area contributed by atoms with Crippen LogP contribution in [-0.2, 0) is 14.3 Å². The van der Waals surface area contributed by atoms with Crippen molar-refractivity contribution < 1.29 is 33.0 Å². The number of carbonyl (C=O) groups excluding carboxylic acids is 3. The van der Waals surface area contributed by atoms with Crippen LogP contribution < -0.4 is 10.2 Å². The lowest BCUT2D eigenvalue weighted by Crippen LogP contribution is -2.50. The Bertz CT molecular complexity index is 929. The van der Waals surface area contributed by atoms with Gasteiger partial charge in [0.1, 0.15) is 17.0 Å². The number of aliphatic hydroxyl groups is 1. The molecule has 0 bridgehead atoms. The topological polar surface area (TPSA) is 102 Å². The van der Waals surface area contributed by atoms with Crippen molar-refractivity contribution in [2.45, 2.75) is 26.4 Å². The number of piperazine rings is 1. The summed E-state index contributed by atoms with van der Waals surface area (Å²) < 4.78 is 34.9. The van der Waals surface area contributed by atoms with E-state index in [-0.39, 0.29) is 49.8 Å². The van der Waals surface area contributed by atoms with Crippen LogP contribution >= 0.6 is 0 Å². The molecule has 174 valence electrons. The second kappa shape index (κ2) is 9.11. The fourth-order valence-corrected chi connectivity index (χ4v) is 3.44. The van der Waals surface area contributed by atoms with Crippen LogP contribution in [0.15, 0.2) is 23.9 Å². The molecule has 0 aromatic heterocycles. The number of carbonyl (C=O) groups is 3. The molecule has 1 aromatic carbocycles. The number of benzene rings is 1. The molecule has 0 atom stereocenters. The van der Waals surface area contributed by atoms with Gasteiger partial charge in [-0.15, -0.1) is 0 Å². The third kappa shape index (κ3) is 5.16. The molecule has 0 radical (unpaired) electrons. The van der Waals surface area contributed by atoms with E-state index < -0.39 is 41.7 Å². The smallest absolute Gasteiger partial charge is 0.410 e. The van der Waals surface area contributed by atoms with E-state index in [2.05, 4.69) is 5.32 Å². The van der Waals surface area contributed by atoms with Gasteiger partial charge in [-0.2, -0.15) is 0 Å². The summed E-state index contributed by atoms with van der Waals surface area (Å²) in [5.41, 5.74) is -1.04. The lowest BCUT2D eigenvalue weighted by Gasteiger charge is -2.37. The molecule has 1 saturated heterocycles. The highest BCUT2D eigenvalue weighted by molar-refractivity contribution is 6.17. The van der Waals surface area contributed by atoms with Gasteiger partial charge in [-0.25, -0.2) is 13.6 Å². The van der Waals surface area contributed by atoms with Crippen molar-refractivity contribution in [1.29, 1.82) is 0 Å². The Balaban J connectivity index is 1.67. The van der Waals surface area contributed by atoms with E-state index in [1.54, 1.807) is 20.8 Å². The largest absolute Gasteiger partial charge is 0.444 e. The quantitative estimate of drug-likeness (QED) is 0.656. The van der Waals surface area contributed by atoms with Gasteiger partial charge >= 0.3 is 6.09 Å². The van der Waals surface area contributed by atoms with Gasteiger partial charge in [0.2, 0.25) is 0 Å². The number of aliphatic hydroxyl groups excluding tert-OH is 1. The highest BCUT2D eigenvalue weighted by atomic mass is 19.1. The first-order chi connectivity index (χ1) is 15.0. The number of nitrogens with zero attached hydrogens (tertiary/aromatic N) is 3. The zero-order chi connectivity index (χ0) is 23.6. The number of ether oxygens (including phenoxy) is 1. The molecular formula is C21H26F2N4O5. The van der Waals surface area contributed by atoms with Gasteiger partial charge in [0.25, 0.3) is 11.8 Å². The molecule has 32 heavy (non-hydrogen) atoms. The number of rotatable bonds is 5. The Kier molecular flexibility index (Phi) is 6.68. The van der Waals surface area contributed by atoms with Crippen molar-refractivity contribution in [2.75, 3.05) is 49.5 Å². The van der Waals surface area contributed by atoms with Crippen LogP contribution in [0.5, 0.6) is 0 Å². The molecule has 0 unspecified atom stereocenters. The van der Waals surface area contributed by atoms with E-state index >= 15 is 0 Å². The highest BCUT2D eigenvalue weighted by Gasteiger charge is 2.32. The minimum absolute atomic E-state index is 0.0330. The molecule has 11 heteroatoms. The standard InChI is InChI=1S/C21H26F2N4O5/c1-21(2,3)32-20(31)26-6-4-25(5-7-26)18-14(22)10-13(11-15(18)23)24-16-12-17(29)27(8-9-28)19(16)30/h10-12,24,28H,4-9H2,1-3H3. The summed E-state index contributed by atoms with van der Waals surface area (Å²) in [6.45, 7) is 5.65. The zero-order valence-corrected chi connectivity index (χ0v) is 18.2. The van der Waals surface area contributed by atoms with E-state index in [4.69, 9.17) is 9.84 Å². The molecule has 2 N–H and O–H groups in total. The van der Waals surface area contributed by atoms with E-state index in [9.17, 15) is 23.2 Å². The maximum atomic E-state index is 14.8. The van der Waals surface area contributed by atoms with E-state index in [1.165, 1.54) is 9.80 Å². The van der Waals surface area contributed by atoms with Gasteiger partial charge in [0.05, 0.1) is 13.2 Å². The Morgan fingerprint density at radius 1 is 1.12 bits per heavy atom. The fraction of sp³-hybridized carbons (Fsp3) is 0.476. The predicted molar refractivity (Wildman–Crippen MR) is 112 cm³/mol. The summed E-state index contributed by atoms with van der Waals surface area (Å²) in [6.07, 6.45) is 0.536. The van der Waals surface area contributed by atoms with Crippen molar-refractivity contribution in [3.63, 3.8) is 0 Å². The highest BCUT2D eigenvalue weighted by Crippen LogP contribution is 2.29. The minimum atomic E-state index is -0.845. The SMILES string of the molecule is CC(C)(C)OC(=O)N1CCN(c2c(F)cc(NC3=CC(=O)N(CCO)C3=O)cc2F)CC1. The molecule has 1 aromatic rings. The summed E-state index contributed by atoms with van der Waals surface area (Å²) in [6, 6.07) is 2.07. The van der Waals surface area contributed by atoms with Crippen LogP contribution in [0, 0.1) is 11.6 Å². The Labute approximate surface area is 184 Å². The average Bonchev–Trinajstić information content (AvgIpc) is 2.94. The van der Waals surface area contributed by atoms with E-state index in [1.807, 2.05) is 0 Å². The van der Waals surface area contributed by atoms with Crippen molar-refractivity contribution in [1.82, 2.24) is 9.80 Å². The van der Waals surface area contributed by atoms with Crippen LogP contribution in [-0.4, -0.2) is 77.7 Å². The van der Waals surface area contributed by atoms with Crippen molar-refractivity contribution >= 4 is 29.3 Å². The van der Waals surface area contributed by atoms with Crippen molar-refractivity contribution in [3.05, 3.63) is 35.5 Å². The van der Waals surface area contributed by atoms with Gasteiger partial charge in [0.15, 0.2) is 11.6 Å². The van der Waals surface area contributed by atoms with Gasteiger partial charge in [0, 0.05) is 37.9 Å². The molecule has 1 fully saturated rings. The van der Waals surface area contributed by atoms with Crippen LogP contribution in [0.2, 0.25) is 0 Å². The first-order valence-electron chi connectivity index (χ1n) is 10.2. The molecule has 0 aliphatic carbocycles. The number of imide groups is 1. The number of hydrogen-bond donors (Lipinski definition) is 2. The summed E-state index contributed by atoms with van der Waals surface area (Å²) in [7, 11) is 0. The second-order valence-corrected chi connectivity index (χ2v) is 8.44. The van der Waals surface area contributed by atoms with Crippen LogP contribution in [0.4, 0.5) is 25.0 Å². The Morgan fingerprint density at radius 3 is 2.25 bits per heavy atom. The lowest BCUT2D eigenvalue weighted by molar-refractivity contribution is -0.137. The molecule has 3 rings (SSSR count). The minimum Gasteiger partial charge on any atom is -0.444 e. The number of halogens is 2. The molecule has 3 amide bonds. The number of hydrogen-bond acceptors (Lipinski definition) is 7. The summed E-state index contributed by atoms with van der Waals surface area (Å²) in [5.74, 6) is -3.00. The third-order valence-electron chi connectivity index (χ3n) is 4.88. The van der Waals surface area contributed by atoms with Crippen LogP contribution in [0.3, 0.4) is 0 Å². The number of nitrogens with one attached hydrogen (secondary N) is 1. The molecule has 0 spiro atoms. The Morgan fingerprint density at radius 2 is 1.72 bits per heavy atom. The third-order valence-corrected chi connectivity index (χ3v) is 4.88. The summed E-state index contributed by atoms with van der Waals surface area (Å²) >= 11 is 0. The predicted octanol–water partition coefficient (Wildman–Crippen LogP) is 1.68. The van der Waals surface area contributed by atoms with Gasteiger partial charge < -0.3 is 25.0 Å². The number of anilines is 2. The number of β-amino-alcohol motifs (C(OH)–C–C–N with tert-alkyl or cyclic N) is 1. The lowest BCUT2D eigenvalue weighted by atomic mass is 10.2. The van der Waals surface area contributed by atoms with E-state index in [0.29, 0.717) is 0 Å². The van der Waals surface area contributed by atoms with Crippen molar-refractivity contribution in [2.24, 2.45) is 0 Å².